The zero-order valence-corrected chi connectivity index (χ0v) is 39.4. The summed E-state index contributed by atoms with van der Waals surface area (Å²) in [7, 11) is 0. The van der Waals surface area contributed by atoms with E-state index >= 15 is 0 Å². The van der Waals surface area contributed by atoms with Crippen molar-refractivity contribution < 1.29 is 4.74 Å². The lowest BCUT2D eigenvalue weighted by molar-refractivity contribution is 0.443. The van der Waals surface area contributed by atoms with Crippen molar-refractivity contribution in [3.8, 4) is 95.6 Å². The Kier molecular flexibility index (Phi) is 10.1. The number of fused-ring (bicyclic) bond motifs is 7. The number of aromatic nitrogens is 3. The van der Waals surface area contributed by atoms with Crippen molar-refractivity contribution >= 4 is 21.8 Å². The van der Waals surface area contributed by atoms with Crippen molar-refractivity contribution in [3.63, 3.8) is 0 Å². The molecule has 0 saturated heterocycles. The predicted molar refractivity (Wildman–Crippen MR) is 293 cm³/mol. The molecule has 0 bridgehead atoms. The Balaban J connectivity index is 1.00. The maximum Gasteiger partial charge on any atom is 0.323 e. The van der Waals surface area contributed by atoms with Gasteiger partial charge in [0.05, 0.1) is 22.4 Å². The van der Waals surface area contributed by atoms with E-state index in [4.69, 9.17) is 14.7 Å². The van der Waals surface area contributed by atoms with E-state index < -0.39 is 0 Å². The van der Waals surface area contributed by atoms with E-state index in [1.54, 1.807) is 0 Å². The minimum atomic E-state index is -0.216. The van der Waals surface area contributed by atoms with E-state index in [9.17, 15) is 0 Å². The summed E-state index contributed by atoms with van der Waals surface area (Å²) in [4.78, 5) is 10.6. The summed E-state index contributed by atoms with van der Waals surface area (Å²) in [5.41, 5.74) is 20.7. The van der Waals surface area contributed by atoms with Gasteiger partial charge in [-0.1, -0.05) is 196 Å². The molecule has 2 heterocycles. The molecule has 10 aromatic carbocycles. The Labute approximate surface area is 413 Å². The molecular weight excluding hydrogens is 863 g/mol. The Morgan fingerprint density at radius 1 is 0.366 bits per heavy atom. The highest BCUT2D eigenvalue weighted by Gasteiger charge is 2.38. The van der Waals surface area contributed by atoms with Gasteiger partial charge in [0.15, 0.2) is 0 Å². The summed E-state index contributed by atoms with van der Waals surface area (Å²) in [6.07, 6.45) is 0. The largest absolute Gasteiger partial charge is 0.424 e. The molecule has 0 atom stereocenters. The smallest absolute Gasteiger partial charge is 0.323 e. The molecule has 4 nitrogen and oxygen atoms in total. The van der Waals surface area contributed by atoms with Crippen LogP contribution in [0.15, 0.2) is 249 Å². The Bertz CT molecular complexity index is 3710. The first kappa shape index (κ1) is 42.0. The maximum absolute atomic E-state index is 6.97. The summed E-state index contributed by atoms with van der Waals surface area (Å²) < 4.78 is 9.40. The first-order valence-corrected chi connectivity index (χ1v) is 24.3. The zero-order valence-electron chi connectivity index (χ0n) is 39.4. The van der Waals surface area contributed by atoms with Crippen molar-refractivity contribution in [1.29, 1.82) is 0 Å². The number of hydrogen-bond donors (Lipinski definition) is 0. The third-order valence-corrected chi connectivity index (χ3v) is 14.2. The second-order valence-electron chi connectivity index (χ2n) is 19.0. The second kappa shape index (κ2) is 17.1. The van der Waals surface area contributed by atoms with E-state index in [1.165, 1.54) is 38.5 Å². The molecule has 0 N–H and O–H groups in total. The lowest BCUT2D eigenvalue weighted by Crippen LogP contribution is -2.16. The van der Waals surface area contributed by atoms with Gasteiger partial charge in [-0.25, -0.2) is 0 Å². The van der Waals surface area contributed by atoms with Gasteiger partial charge in [0.1, 0.15) is 5.75 Å². The molecular formula is C67H47N3O. The van der Waals surface area contributed by atoms with Crippen LogP contribution in [-0.2, 0) is 5.41 Å². The molecule has 0 aliphatic heterocycles. The van der Waals surface area contributed by atoms with Crippen molar-refractivity contribution in [1.82, 2.24) is 14.5 Å². The quantitative estimate of drug-likeness (QED) is 0.145. The van der Waals surface area contributed by atoms with Crippen LogP contribution in [0, 0.1) is 0 Å². The third-order valence-electron chi connectivity index (χ3n) is 14.2. The van der Waals surface area contributed by atoms with Crippen molar-refractivity contribution in [2.75, 3.05) is 0 Å². The molecule has 0 unspecified atom stereocenters. The van der Waals surface area contributed by atoms with E-state index in [2.05, 4.69) is 261 Å². The second-order valence-corrected chi connectivity index (χ2v) is 19.0. The standard InChI is InChI=1S/C67H47N3O/c1-67(2)60-32-17-15-30-56(60)58-34-35-59-57-31-16-18-33-63(57)70(65(59)64(58)67)54-28-19-29-55(42-54)71-66-68-61(52-38-48(44-20-7-3-8-21-44)36-49(39-52)45-22-9-4-10-23-45)43-62(69-66)53-40-50(46-24-11-5-12-25-46)37-51(41-53)47-26-13-6-14-27-47/h3-43H,1-2H3. The van der Waals surface area contributed by atoms with Crippen LogP contribution in [0.5, 0.6) is 11.8 Å². The van der Waals surface area contributed by atoms with Crippen molar-refractivity contribution in [2.24, 2.45) is 0 Å². The van der Waals surface area contributed by atoms with E-state index in [1.807, 2.05) is 6.07 Å². The highest BCUT2D eigenvalue weighted by atomic mass is 16.5. The van der Waals surface area contributed by atoms with Crippen LogP contribution in [0.25, 0.3) is 106 Å². The van der Waals surface area contributed by atoms with Gasteiger partial charge in [-0.05, 0) is 127 Å². The number of ether oxygens (including phenoxy) is 1. The zero-order chi connectivity index (χ0) is 47.5. The first-order chi connectivity index (χ1) is 34.9. The molecule has 336 valence electrons. The van der Waals surface area contributed by atoms with Crippen LogP contribution in [0.4, 0.5) is 0 Å². The van der Waals surface area contributed by atoms with Crippen LogP contribution in [0.1, 0.15) is 25.0 Å². The molecule has 2 aromatic heterocycles. The summed E-state index contributed by atoms with van der Waals surface area (Å²) in [5.74, 6) is 0.637. The van der Waals surface area contributed by atoms with Gasteiger partial charge < -0.3 is 9.30 Å². The summed E-state index contributed by atoms with van der Waals surface area (Å²) in [6.45, 7) is 4.72. The average molecular weight is 910 g/mol. The fourth-order valence-electron chi connectivity index (χ4n) is 10.9. The number of para-hydroxylation sites is 1. The molecule has 0 radical (unpaired) electrons. The Morgan fingerprint density at radius 3 is 1.39 bits per heavy atom. The van der Waals surface area contributed by atoms with Gasteiger partial charge >= 0.3 is 6.01 Å². The predicted octanol–water partition coefficient (Wildman–Crippen LogP) is 17.7. The van der Waals surface area contributed by atoms with Gasteiger partial charge in [0, 0.05) is 39.1 Å². The lowest BCUT2D eigenvalue weighted by Gasteiger charge is -2.23. The normalized spacial score (nSPS) is 12.5. The first-order valence-electron chi connectivity index (χ1n) is 24.3. The summed E-state index contributed by atoms with van der Waals surface area (Å²) in [5, 5.41) is 2.44. The van der Waals surface area contributed by atoms with Crippen molar-refractivity contribution in [2.45, 2.75) is 19.3 Å². The van der Waals surface area contributed by atoms with E-state index in [-0.39, 0.29) is 11.4 Å². The highest BCUT2D eigenvalue weighted by molar-refractivity contribution is 6.13. The SMILES string of the molecule is CC1(C)c2ccccc2-c2ccc3c4ccccc4n(-c4cccc(Oc5nc(-c6cc(-c7ccccc7)cc(-c7ccccc7)c6)cc(-c6cc(-c7ccccc7)cc(-c7ccccc7)c6)n5)c4)c3c21. The monoisotopic (exact) mass is 909 g/mol. The molecule has 12 aromatic rings. The molecule has 13 rings (SSSR count). The molecule has 0 fully saturated rings. The average Bonchev–Trinajstić information content (AvgIpc) is 3.89. The van der Waals surface area contributed by atoms with Gasteiger partial charge in [-0.15, -0.1) is 0 Å². The van der Waals surface area contributed by atoms with Gasteiger partial charge in [0.2, 0.25) is 0 Å². The summed E-state index contributed by atoms with van der Waals surface area (Å²) >= 11 is 0. The number of benzene rings is 10. The van der Waals surface area contributed by atoms with Crippen LogP contribution in [0.3, 0.4) is 0 Å². The van der Waals surface area contributed by atoms with E-state index in [0.29, 0.717) is 5.75 Å². The van der Waals surface area contributed by atoms with Crippen LogP contribution < -0.4 is 4.74 Å². The molecule has 0 amide bonds. The van der Waals surface area contributed by atoms with Gasteiger partial charge in [-0.3, -0.25) is 0 Å². The number of rotatable bonds is 9. The number of hydrogen-bond acceptors (Lipinski definition) is 3. The number of nitrogens with zero attached hydrogens (tertiary/aromatic N) is 3. The lowest BCUT2D eigenvalue weighted by atomic mass is 9.81. The Morgan fingerprint density at radius 2 is 0.845 bits per heavy atom. The fraction of sp³-hybridized carbons (Fsp3) is 0.0448. The molecule has 1 aliphatic carbocycles. The molecule has 0 spiro atoms. The van der Waals surface area contributed by atoms with Crippen molar-refractivity contribution in [3.05, 3.63) is 260 Å². The van der Waals surface area contributed by atoms with E-state index in [0.717, 1.165) is 78.2 Å². The molecule has 1 aliphatic rings. The van der Waals surface area contributed by atoms with Crippen LogP contribution in [0.2, 0.25) is 0 Å². The third kappa shape index (κ3) is 7.49. The minimum Gasteiger partial charge on any atom is -0.424 e. The fourth-order valence-corrected chi connectivity index (χ4v) is 10.9. The summed E-state index contributed by atoms with van der Waals surface area (Å²) in [6, 6.07) is 88.6. The van der Waals surface area contributed by atoms with Crippen LogP contribution >= 0.6 is 0 Å². The maximum atomic E-state index is 6.97. The van der Waals surface area contributed by atoms with Gasteiger partial charge in [0.25, 0.3) is 0 Å². The van der Waals surface area contributed by atoms with Crippen LogP contribution in [-0.4, -0.2) is 14.5 Å². The molecule has 4 heteroatoms. The van der Waals surface area contributed by atoms with Gasteiger partial charge in [-0.2, -0.15) is 9.97 Å². The molecule has 71 heavy (non-hydrogen) atoms. The topological polar surface area (TPSA) is 39.9 Å². The highest BCUT2D eigenvalue weighted by Crippen LogP contribution is 2.53. The molecule has 0 saturated carbocycles. The minimum absolute atomic E-state index is 0.216. The Hall–Kier alpha value is -9.12.